The van der Waals surface area contributed by atoms with Crippen molar-refractivity contribution in [3.63, 3.8) is 0 Å². The quantitative estimate of drug-likeness (QED) is 0.390. The summed E-state index contributed by atoms with van der Waals surface area (Å²) >= 11 is 3.25. The van der Waals surface area contributed by atoms with Gasteiger partial charge >= 0.3 is 0 Å². The van der Waals surface area contributed by atoms with Gasteiger partial charge in [0, 0.05) is 22.2 Å². The number of carbonyl (C=O) groups is 1. The molecule has 27 heavy (non-hydrogen) atoms. The molecule has 0 atom stereocenters. The van der Waals surface area contributed by atoms with Gasteiger partial charge in [-0.25, -0.2) is 13.8 Å². The van der Waals surface area contributed by atoms with E-state index in [1.807, 2.05) is 0 Å². The van der Waals surface area contributed by atoms with E-state index in [2.05, 4.69) is 26.5 Å². The fourth-order valence-electron chi connectivity index (χ4n) is 2.09. The molecular weight excluding hydrogens is 440 g/mol. The number of nitrogens with one attached hydrogen (secondary N) is 1. The van der Waals surface area contributed by atoms with Gasteiger partial charge in [0.2, 0.25) is 10.0 Å². The highest BCUT2D eigenvalue weighted by Gasteiger charge is 2.20. The van der Waals surface area contributed by atoms with Gasteiger partial charge in [0.15, 0.2) is 0 Å². The molecule has 0 unspecified atom stereocenters. The van der Waals surface area contributed by atoms with Crippen molar-refractivity contribution in [1.82, 2.24) is 5.43 Å². The van der Waals surface area contributed by atoms with Gasteiger partial charge < -0.3 is 0 Å². The highest BCUT2D eigenvalue weighted by atomic mass is 79.9. The molecule has 0 saturated heterocycles. The first kappa shape index (κ1) is 20.5. The lowest BCUT2D eigenvalue weighted by Crippen LogP contribution is -2.39. The second-order valence-electron chi connectivity index (χ2n) is 5.39. The highest BCUT2D eigenvalue weighted by Crippen LogP contribution is 2.21. The monoisotopic (exact) mass is 454 g/mol. The third-order valence-electron chi connectivity index (χ3n) is 3.27. The molecule has 0 fully saturated rings. The first-order chi connectivity index (χ1) is 12.7. The third kappa shape index (κ3) is 6.15. The Kier molecular flexibility index (Phi) is 6.64. The minimum atomic E-state index is -3.70. The minimum absolute atomic E-state index is 0.108. The van der Waals surface area contributed by atoms with Gasteiger partial charge in [-0.3, -0.25) is 19.2 Å². The van der Waals surface area contributed by atoms with Crippen LogP contribution in [0.3, 0.4) is 0 Å². The number of hydrazone groups is 1. The van der Waals surface area contributed by atoms with Crippen LogP contribution in [0.5, 0.6) is 0 Å². The Morgan fingerprint density at radius 1 is 1.30 bits per heavy atom. The molecule has 0 radical (unpaired) electrons. The number of benzene rings is 2. The topological polar surface area (TPSA) is 122 Å². The Balaban J connectivity index is 2.08. The van der Waals surface area contributed by atoms with Crippen molar-refractivity contribution >= 4 is 49.4 Å². The fraction of sp³-hybridized carbons (Fsp3) is 0.125. The van der Waals surface area contributed by atoms with Crippen LogP contribution in [0, 0.1) is 10.1 Å². The summed E-state index contributed by atoms with van der Waals surface area (Å²) in [4.78, 5) is 22.3. The molecule has 0 aliphatic rings. The van der Waals surface area contributed by atoms with E-state index < -0.39 is 27.4 Å². The second-order valence-corrected chi connectivity index (χ2v) is 8.22. The van der Waals surface area contributed by atoms with Gasteiger partial charge in [0.25, 0.3) is 11.6 Å². The molecule has 0 aromatic heterocycles. The number of amides is 1. The van der Waals surface area contributed by atoms with Crippen molar-refractivity contribution in [3.8, 4) is 0 Å². The molecular formula is C16H15BrN4O5S. The zero-order chi connectivity index (χ0) is 20.0. The normalized spacial score (nSPS) is 11.3. The van der Waals surface area contributed by atoms with E-state index in [0.29, 0.717) is 15.7 Å². The van der Waals surface area contributed by atoms with E-state index in [-0.39, 0.29) is 5.69 Å². The summed E-state index contributed by atoms with van der Waals surface area (Å²) in [5, 5.41) is 14.4. The lowest BCUT2D eigenvalue weighted by atomic mass is 10.2. The average molecular weight is 455 g/mol. The van der Waals surface area contributed by atoms with Crippen LogP contribution in [0.2, 0.25) is 0 Å². The zero-order valence-corrected chi connectivity index (χ0v) is 16.5. The first-order valence-corrected chi connectivity index (χ1v) is 10.1. The third-order valence-corrected chi connectivity index (χ3v) is 4.90. The summed E-state index contributed by atoms with van der Waals surface area (Å²) in [6.45, 7) is -0.471. The summed E-state index contributed by atoms with van der Waals surface area (Å²) < 4.78 is 25.6. The number of non-ortho nitro benzene ring substituents is 1. The molecule has 0 saturated carbocycles. The fourth-order valence-corrected chi connectivity index (χ4v) is 3.33. The molecule has 1 amide bonds. The van der Waals surface area contributed by atoms with Crippen molar-refractivity contribution in [2.24, 2.45) is 5.10 Å². The maximum absolute atomic E-state index is 12.1. The number of nitro benzene ring substituents is 1. The van der Waals surface area contributed by atoms with Crippen molar-refractivity contribution < 1.29 is 18.1 Å². The van der Waals surface area contributed by atoms with E-state index in [1.165, 1.54) is 24.4 Å². The molecule has 0 heterocycles. The zero-order valence-electron chi connectivity index (χ0n) is 14.1. The Morgan fingerprint density at radius 2 is 2.00 bits per heavy atom. The molecule has 142 valence electrons. The summed E-state index contributed by atoms with van der Waals surface area (Å²) in [6, 6.07) is 12.2. The molecule has 0 spiro atoms. The minimum Gasteiger partial charge on any atom is -0.271 e. The van der Waals surface area contributed by atoms with Crippen LogP contribution in [-0.4, -0.2) is 38.3 Å². The van der Waals surface area contributed by atoms with Gasteiger partial charge in [0.05, 0.1) is 23.1 Å². The number of hydrogen-bond donors (Lipinski definition) is 1. The van der Waals surface area contributed by atoms with E-state index in [1.54, 1.807) is 30.3 Å². The van der Waals surface area contributed by atoms with E-state index in [4.69, 9.17) is 0 Å². The van der Waals surface area contributed by atoms with Crippen molar-refractivity contribution in [3.05, 3.63) is 68.7 Å². The maximum Gasteiger partial charge on any atom is 0.270 e. The van der Waals surface area contributed by atoms with Crippen molar-refractivity contribution in [2.45, 2.75) is 0 Å². The van der Waals surface area contributed by atoms with E-state index in [9.17, 15) is 23.3 Å². The molecule has 0 aliphatic carbocycles. The summed E-state index contributed by atoms with van der Waals surface area (Å²) in [7, 11) is -3.70. The number of nitrogens with zero attached hydrogens (tertiary/aromatic N) is 3. The maximum atomic E-state index is 12.1. The Bertz CT molecular complexity index is 994. The standard InChI is InChI=1S/C16H15BrN4O5S/c1-27(25,26)20(14-6-3-5-13(17)9-14)11-16(22)19-18-10-12-4-2-7-15(8-12)21(23)24/h2-10H,11H2,1H3,(H,19,22)/b18-10+. The molecule has 11 heteroatoms. The van der Waals surface area contributed by atoms with Gasteiger partial charge in [0.1, 0.15) is 6.54 Å². The molecule has 9 nitrogen and oxygen atoms in total. The van der Waals surface area contributed by atoms with Crippen LogP contribution in [0.1, 0.15) is 5.56 Å². The summed E-state index contributed by atoms with van der Waals surface area (Å²) in [5.41, 5.74) is 2.84. The molecule has 2 aromatic rings. The largest absolute Gasteiger partial charge is 0.271 e. The molecule has 1 N–H and O–H groups in total. The smallest absolute Gasteiger partial charge is 0.270 e. The van der Waals surface area contributed by atoms with Crippen LogP contribution in [-0.2, 0) is 14.8 Å². The Morgan fingerprint density at radius 3 is 2.63 bits per heavy atom. The Labute approximate surface area is 164 Å². The predicted molar refractivity (Wildman–Crippen MR) is 105 cm³/mol. The van der Waals surface area contributed by atoms with Crippen LogP contribution in [0.25, 0.3) is 0 Å². The predicted octanol–water partition coefficient (Wildman–Crippen LogP) is 2.27. The van der Waals surface area contributed by atoms with E-state index in [0.717, 1.165) is 10.6 Å². The lowest BCUT2D eigenvalue weighted by Gasteiger charge is -2.21. The van der Waals surface area contributed by atoms with Gasteiger partial charge in [-0.15, -0.1) is 0 Å². The Hall–Kier alpha value is -2.79. The number of rotatable bonds is 7. The number of sulfonamides is 1. The summed E-state index contributed by atoms with van der Waals surface area (Å²) in [6.07, 6.45) is 2.22. The molecule has 0 bridgehead atoms. The second kappa shape index (κ2) is 8.73. The molecule has 2 aromatic carbocycles. The molecule has 2 rings (SSSR count). The number of halogens is 1. The lowest BCUT2D eigenvalue weighted by molar-refractivity contribution is -0.384. The SMILES string of the molecule is CS(=O)(=O)N(CC(=O)N/N=C/c1cccc([N+](=O)[O-])c1)c1cccc(Br)c1. The number of anilines is 1. The van der Waals surface area contributed by atoms with Crippen molar-refractivity contribution in [1.29, 1.82) is 0 Å². The van der Waals surface area contributed by atoms with Crippen LogP contribution in [0.15, 0.2) is 58.1 Å². The van der Waals surface area contributed by atoms with E-state index >= 15 is 0 Å². The van der Waals surface area contributed by atoms with Crippen LogP contribution < -0.4 is 9.73 Å². The number of nitro groups is 1. The van der Waals surface area contributed by atoms with Crippen LogP contribution >= 0.6 is 15.9 Å². The van der Waals surface area contributed by atoms with Gasteiger partial charge in [-0.2, -0.15) is 5.10 Å². The van der Waals surface area contributed by atoms with Crippen molar-refractivity contribution in [2.75, 3.05) is 17.1 Å². The number of hydrogen-bond acceptors (Lipinski definition) is 6. The number of carbonyl (C=O) groups excluding carboxylic acids is 1. The average Bonchev–Trinajstić information content (AvgIpc) is 2.59. The highest BCUT2D eigenvalue weighted by molar-refractivity contribution is 9.10. The molecule has 0 aliphatic heterocycles. The van der Waals surface area contributed by atoms with Crippen LogP contribution in [0.4, 0.5) is 11.4 Å². The summed E-state index contributed by atoms with van der Waals surface area (Å²) in [5.74, 6) is -0.665. The van der Waals surface area contributed by atoms with Gasteiger partial charge in [-0.1, -0.05) is 34.1 Å². The van der Waals surface area contributed by atoms with Gasteiger partial charge in [-0.05, 0) is 18.2 Å². The first-order valence-electron chi connectivity index (χ1n) is 7.46.